The Kier molecular flexibility index (Phi) is 4.59. The minimum atomic E-state index is -0.264. The van der Waals surface area contributed by atoms with Crippen LogP contribution in [0.4, 0.5) is 5.69 Å². The smallest absolute Gasteiger partial charge is 0.235 e. The van der Waals surface area contributed by atoms with Crippen molar-refractivity contribution in [3.05, 3.63) is 59.6 Å². The first kappa shape index (κ1) is 18.3. The van der Waals surface area contributed by atoms with Crippen LogP contribution in [0.15, 0.2) is 54.6 Å². The molecule has 5 nitrogen and oxygen atoms in total. The summed E-state index contributed by atoms with van der Waals surface area (Å²) < 4.78 is 1.17. The summed E-state index contributed by atoms with van der Waals surface area (Å²) in [7, 11) is 0. The molecule has 5 rings (SSSR count). The molecule has 3 heterocycles. The molecule has 0 radical (unpaired) electrons. The van der Waals surface area contributed by atoms with Crippen molar-refractivity contribution in [1.82, 2.24) is 9.88 Å². The van der Waals surface area contributed by atoms with Gasteiger partial charge in [-0.25, -0.2) is 4.98 Å². The van der Waals surface area contributed by atoms with Gasteiger partial charge < -0.3 is 9.80 Å². The Labute approximate surface area is 174 Å². The number of rotatable bonds is 4. The zero-order chi connectivity index (χ0) is 19.8. The number of carbonyl (C=O) groups is 2. The zero-order valence-electron chi connectivity index (χ0n) is 16.2. The largest absolute Gasteiger partial charge is 0.343 e. The van der Waals surface area contributed by atoms with Crippen LogP contribution in [-0.4, -0.2) is 41.3 Å². The van der Waals surface area contributed by atoms with E-state index in [1.165, 1.54) is 4.70 Å². The second kappa shape index (κ2) is 7.26. The molecular formula is C23H23N3O2S. The van der Waals surface area contributed by atoms with Gasteiger partial charge in [-0.2, -0.15) is 0 Å². The van der Waals surface area contributed by atoms with Gasteiger partial charge in [0.2, 0.25) is 11.8 Å². The molecule has 2 amide bonds. The van der Waals surface area contributed by atoms with E-state index in [0.717, 1.165) is 35.6 Å². The average Bonchev–Trinajstić information content (AvgIpc) is 3.19. The number of benzene rings is 2. The van der Waals surface area contributed by atoms with Crippen LogP contribution in [0.1, 0.15) is 24.3 Å². The van der Waals surface area contributed by atoms with Crippen LogP contribution < -0.4 is 4.90 Å². The van der Waals surface area contributed by atoms with Crippen LogP contribution in [0.2, 0.25) is 0 Å². The van der Waals surface area contributed by atoms with Crippen molar-refractivity contribution < 1.29 is 9.59 Å². The minimum Gasteiger partial charge on any atom is -0.343 e. The van der Waals surface area contributed by atoms with E-state index >= 15 is 0 Å². The second-order valence-electron chi connectivity index (χ2n) is 7.96. The van der Waals surface area contributed by atoms with E-state index in [0.29, 0.717) is 25.9 Å². The van der Waals surface area contributed by atoms with Crippen LogP contribution in [0.5, 0.6) is 0 Å². The Balaban J connectivity index is 1.15. The maximum Gasteiger partial charge on any atom is 0.235 e. The van der Waals surface area contributed by atoms with Crippen LogP contribution in [0.25, 0.3) is 10.2 Å². The molecule has 1 spiro atoms. The topological polar surface area (TPSA) is 53.5 Å². The maximum absolute atomic E-state index is 12.8. The van der Waals surface area contributed by atoms with Crippen LogP contribution >= 0.6 is 11.3 Å². The Bertz CT molecular complexity index is 1020. The minimum absolute atomic E-state index is 0.172. The number of nitrogens with zero attached hydrogens (tertiary/aromatic N) is 3. The van der Waals surface area contributed by atoms with E-state index in [-0.39, 0.29) is 17.2 Å². The molecule has 2 aliphatic rings. The number of likely N-dealkylation sites (tertiary alicyclic amines) is 1. The molecule has 2 aromatic carbocycles. The van der Waals surface area contributed by atoms with Gasteiger partial charge >= 0.3 is 0 Å². The summed E-state index contributed by atoms with van der Waals surface area (Å²) in [5.41, 5.74) is 1.71. The lowest BCUT2D eigenvalue weighted by atomic mass is 9.70. The number of hydrogen-bond donors (Lipinski definition) is 0. The Morgan fingerprint density at radius 1 is 1.03 bits per heavy atom. The molecule has 2 fully saturated rings. The molecular weight excluding hydrogens is 382 g/mol. The van der Waals surface area contributed by atoms with Gasteiger partial charge in [0, 0.05) is 38.2 Å². The number of fused-ring (bicyclic) bond motifs is 1. The molecule has 29 heavy (non-hydrogen) atoms. The Morgan fingerprint density at radius 3 is 2.48 bits per heavy atom. The molecule has 0 saturated carbocycles. The molecule has 6 heteroatoms. The summed E-state index contributed by atoms with van der Waals surface area (Å²) in [4.78, 5) is 33.9. The monoisotopic (exact) mass is 405 g/mol. The van der Waals surface area contributed by atoms with Gasteiger partial charge in [-0.3, -0.25) is 9.59 Å². The number of amides is 2. The lowest BCUT2D eigenvalue weighted by Crippen LogP contribution is -2.65. The lowest BCUT2D eigenvalue weighted by Gasteiger charge is -2.52. The molecule has 148 valence electrons. The third-order valence-electron chi connectivity index (χ3n) is 6.19. The fourth-order valence-corrected chi connectivity index (χ4v) is 5.38. The van der Waals surface area contributed by atoms with Gasteiger partial charge in [-0.15, -0.1) is 11.3 Å². The normalized spacial score (nSPS) is 18.3. The van der Waals surface area contributed by atoms with E-state index < -0.39 is 0 Å². The van der Waals surface area contributed by atoms with E-state index in [4.69, 9.17) is 0 Å². The van der Waals surface area contributed by atoms with Gasteiger partial charge in [0.1, 0.15) is 0 Å². The molecule has 1 aromatic heterocycles. The number of carbonyl (C=O) groups excluding carboxylic acids is 2. The fourth-order valence-electron chi connectivity index (χ4n) is 4.41. The third-order valence-corrected chi connectivity index (χ3v) is 7.29. The second-order valence-corrected chi connectivity index (χ2v) is 9.08. The molecule has 3 aromatic rings. The number of aromatic nitrogens is 1. The predicted octanol–water partition coefficient (Wildman–Crippen LogP) is 3.88. The maximum atomic E-state index is 12.8. The van der Waals surface area contributed by atoms with Crippen LogP contribution in [0.3, 0.4) is 0 Å². The average molecular weight is 406 g/mol. The number of piperidine rings is 1. The molecule has 2 aliphatic heterocycles. The Hall–Kier alpha value is -2.73. The number of aryl methyl sites for hydroxylation is 1. The molecule has 0 aliphatic carbocycles. The fraction of sp³-hybridized carbons (Fsp3) is 0.348. The van der Waals surface area contributed by atoms with Gasteiger partial charge in [0.25, 0.3) is 0 Å². The summed E-state index contributed by atoms with van der Waals surface area (Å²) >= 11 is 1.66. The predicted molar refractivity (Wildman–Crippen MR) is 115 cm³/mol. The highest BCUT2D eigenvalue weighted by Crippen LogP contribution is 2.43. The van der Waals surface area contributed by atoms with Gasteiger partial charge in [0.15, 0.2) is 0 Å². The number of anilines is 1. The number of thiazole rings is 1. The van der Waals surface area contributed by atoms with E-state index in [9.17, 15) is 9.59 Å². The third kappa shape index (κ3) is 3.31. The highest BCUT2D eigenvalue weighted by molar-refractivity contribution is 7.18. The van der Waals surface area contributed by atoms with Crippen molar-refractivity contribution in [3.8, 4) is 0 Å². The highest BCUT2D eigenvalue weighted by Gasteiger charge is 2.53. The van der Waals surface area contributed by atoms with Crippen molar-refractivity contribution in [2.75, 3.05) is 24.5 Å². The Morgan fingerprint density at radius 2 is 1.76 bits per heavy atom. The number of hydrogen-bond acceptors (Lipinski definition) is 4. The first-order chi connectivity index (χ1) is 14.1. The SMILES string of the molecule is O=C(CCc1nc2ccccc2s1)N1CCC2(CC1)CN(c1ccccc1)C2=O. The molecule has 0 unspecified atom stereocenters. The summed E-state index contributed by atoms with van der Waals surface area (Å²) in [6.07, 6.45) is 2.70. The molecule has 0 N–H and O–H groups in total. The lowest BCUT2D eigenvalue weighted by molar-refractivity contribution is -0.144. The first-order valence-corrected chi connectivity index (χ1v) is 11.0. The molecule has 2 saturated heterocycles. The summed E-state index contributed by atoms with van der Waals surface area (Å²) in [5.74, 6) is 0.385. The van der Waals surface area contributed by atoms with E-state index in [1.54, 1.807) is 11.3 Å². The van der Waals surface area contributed by atoms with Crippen molar-refractivity contribution in [1.29, 1.82) is 0 Å². The summed E-state index contributed by atoms with van der Waals surface area (Å²) in [5, 5.41) is 1.01. The zero-order valence-corrected chi connectivity index (χ0v) is 17.0. The van der Waals surface area contributed by atoms with Crippen LogP contribution in [0, 0.1) is 5.41 Å². The highest BCUT2D eigenvalue weighted by atomic mass is 32.1. The van der Waals surface area contributed by atoms with Crippen LogP contribution in [-0.2, 0) is 16.0 Å². The van der Waals surface area contributed by atoms with Crippen molar-refractivity contribution in [2.24, 2.45) is 5.41 Å². The van der Waals surface area contributed by atoms with Gasteiger partial charge in [0.05, 0.1) is 20.6 Å². The molecule has 0 atom stereocenters. The van der Waals surface area contributed by atoms with E-state index in [1.807, 2.05) is 58.3 Å². The quantitative estimate of drug-likeness (QED) is 0.619. The number of para-hydroxylation sites is 2. The van der Waals surface area contributed by atoms with Gasteiger partial charge in [-0.1, -0.05) is 30.3 Å². The first-order valence-electron chi connectivity index (χ1n) is 10.1. The van der Waals surface area contributed by atoms with Gasteiger partial charge in [-0.05, 0) is 37.1 Å². The molecule has 0 bridgehead atoms. The van der Waals surface area contributed by atoms with Crippen molar-refractivity contribution in [3.63, 3.8) is 0 Å². The standard InChI is InChI=1S/C23H23N3O2S/c27-21(11-10-20-24-18-8-4-5-9-19(18)29-20)25-14-12-23(13-15-25)16-26(22(23)28)17-6-2-1-3-7-17/h1-9H,10-16H2. The van der Waals surface area contributed by atoms with E-state index in [2.05, 4.69) is 11.1 Å². The van der Waals surface area contributed by atoms with Crippen molar-refractivity contribution in [2.45, 2.75) is 25.7 Å². The summed E-state index contributed by atoms with van der Waals surface area (Å²) in [6, 6.07) is 17.9. The number of β-lactam (4-membered cyclic amide) rings is 1. The summed E-state index contributed by atoms with van der Waals surface area (Å²) in [6.45, 7) is 2.11. The van der Waals surface area contributed by atoms with Crippen molar-refractivity contribution >= 4 is 39.1 Å².